The smallest absolute Gasteiger partial charge is 0.373 e. The molecule has 1 aromatic rings. The zero-order valence-corrected chi connectivity index (χ0v) is 13.1. The number of carbonyl (C=O) groups excluding carboxylic acids is 1. The SMILES string of the molecule is N#CCCC1(C(F)(F)F)c2cc(Cl)ccc2NC2C(=O)NC=CC21. The number of hydrogen-bond acceptors (Lipinski definition) is 3. The van der Waals surface area contributed by atoms with Gasteiger partial charge in [-0.1, -0.05) is 17.7 Å². The molecule has 0 spiro atoms. The van der Waals surface area contributed by atoms with Gasteiger partial charge in [0.1, 0.15) is 11.5 Å². The molecule has 2 aliphatic heterocycles. The Morgan fingerprint density at radius 1 is 1.38 bits per heavy atom. The molecule has 0 aliphatic carbocycles. The number of hydrogen-bond donors (Lipinski definition) is 2. The van der Waals surface area contributed by atoms with Crippen LogP contribution in [-0.2, 0) is 10.2 Å². The number of nitrogens with zero attached hydrogens (tertiary/aromatic N) is 1. The van der Waals surface area contributed by atoms with Gasteiger partial charge in [-0.25, -0.2) is 0 Å². The van der Waals surface area contributed by atoms with Crippen LogP contribution in [0.5, 0.6) is 0 Å². The third-order valence-corrected chi connectivity index (χ3v) is 4.89. The first kappa shape index (κ1) is 16.7. The van der Waals surface area contributed by atoms with Crippen LogP contribution >= 0.6 is 11.6 Å². The highest BCUT2D eigenvalue weighted by atomic mass is 35.5. The van der Waals surface area contributed by atoms with Crippen LogP contribution in [0.25, 0.3) is 0 Å². The summed E-state index contributed by atoms with van der Waals surface area (Å²) in [5, 5.41) is 14.3. The first-order chi connectivity index (χ1) is 11.3. The van der Waals surface area contributed by atoms with Crippen LogP contribution in [0.2, 0.25) is 5.02 Å². The Kier molecular flexibility index (Phi) is 3.96. The van der Waals surface area contributed by atoms with E-state index < -0.39 is 35.9 Å². The number of fused-ring (bicyclic) bond motifs is 2. The molecule has 126 valence electrons. The summed E-state index contributed by atoms with van der Waals surface area (Å²) in [5.74, 6) is -1.70. The maximum absolute atomic E-state index is 14.3. The van der Waals surface area contributed by atoms with Crippen molar-refractivity contribution in [2.75, 3.05) is 5.32 Å². The van der Waals surface area contributed by atoms with Crippen LogP contribution in [0.1, 0.15) is 18.4 Å². The average molecular weight is 356 g/mol. The molecule has 2 heterocycles. The molecule has 0 radical (unpaired) electrons. The van der Waals surface area contributed by atoms with Gasteiger partial charge in [-0.15, -0.1) is 0 Å². The van der Waals surface area contributed by atoms with Gasteiger partial charge in [0.15, 0.2) is 0 Å². The molecular formula is C16H13ClF3N3O. The van der Waals surface area contributed by atoms with Crippen molar-refractivity contribution in [3.8, 4) is 6.07 Å². The minimum Gasteiger partial charge on any atom is -0.373 e. The molecule has 2 aliphatic rings. The molecule has 0 bridgehead atoms. The summed E-state index contributed by atoms with van der Waals surface area (Å²) in [6.45, 7) is 0. The number of nitriles is 1. The van der Waals surface area contributed by atoms with Crippen LogP contribution in [-0.4, -0.2) is 18.1 Å². The molecule has 3 rings (SSSR count). The average Bonchev–Trinajstić information content (AvgIpc) is 2.51. The third-order valence-electron chi connectivity index (χ3n) is 4.65. The zero-order valence-electron chi connectivity index (χ0n) is 12.3. The lowest BCUT2D eigenvalue weighted by atomic mass is 9.61. The van der Waals surface area contributed by atoms with E-state index in [1.165, 1.54) is 30.5 Å². The molecule has 0 saturated carbocycles. The van der Waals surface area contributed by atoms with Gasteiger partial charge >= 0.3 is 6.18 Å². The molecule has 3 atom stereocenters. The molecule has 0 aromatic heterocycles. The highest BCUT2D eigenvalue weighted by Crippen LogP contribution is 2.56. The van der Waals surface area contributed by atoms with Gasteiger partial charge in [-0.2, -0.15) is 18.4 Å². The summed E-state index contributed by atoms with van der Waals surface area (Å²) in [6.07, 6.45) is -2.82. The summed E-state index contributed by atoms with van der Waals surface area (Å²) >= 11 is 5.93. The van der Waals surface area contributed by atoms with Gasteiger partial charge in [0, 0.05) is 29.2 Å². The van der Waals surface area contributed by atoms with E-state index in [0.29, 0.717) is 0 Å². The number of amides is 1. The quantitative estimate of drug-likeness (QED) is 0.853. The van der Waals surface area contributed by atoms with Crippen LogP contribution in [0.3, 0.4) is 0 Å². The fourth-order valence-corrected chi connectivity index (χ4v) is 3.77. The largest absolute Gasteiger partial charge is 0.399 e. The van der Waals surface area contributed by atoms with E-state index >= 15 is 0 Å². The van der Waals surface area contributed by atoms with E-state index in [1.54, 1.807) is 6.07 Å². The maximum Gasteiger partial charge on any atom is 0.399 e. The normalized spacial score (nSPS) is 28.2. The lowest BCUT2D eigenvalue weighted by Crippen LogP contribution is -2.61. The summed E-state index contributed by atoms with van der Waals surface area (Å²) in [7, 11) is 0. The predicted octanol–water partition coefficient (Wildman–Crippen LogP) is 3.50. The lowest BCUT2D eigenvalue weighted by molar-refractivity contribution is -0.207. The minimum atomic E-state index is -4.66. The topological polar surface area (TPSA) is 64.9 Å². The number of benzene rings is 1. The summed E-state index contributed by atoms with van der Waals surface area (Å²) in [4.78, 5) is 12.1. The van der Waals surface area contributed by atoms with Gasteiger partial charge in [0.05, 0.1) is 6.07 Å². The van der Waals surface area contributed by atoms with Crippen LogP contribution < -0.4 is 10.6 Å². The van der Waals surface area contributed by atoms with E-state index in [1.807, 2.05) is 0 Å². The number of anilines is 1. The molecule has 0 saturated heterocycles. The summed E-state index contributed by atoms with van der Waals surface area (Å²) in [5.41, 5.74) is -2.17. The molecular weight excluding hydrogens is 343 g/mol. The summed E-state index contributed by atoms with van der Waals surface area (Å²) < 4.78 is 42.8. The minimum absolute atomic E-state index is 0.0293. The van der Waals surface area contributed by atoms with Gasteiger partial charge in [-0.3, -0.25) is 4.79 Å². The Morgan fingerprint density at radius 3 is 2.79 bits per heavy atom. The standard InChI is InChI=1S/C16H13ClF3N3O/c17-9-2-3-12-11(8-9)15(5-1-6-21,16(18,19)20)10-4-7-22-14(24)13(10)23-12/h2-4,7-8,10,13,23H,1,5H2,(H,22,24). The number of nitrogens with one attached hydrogen (secondary N) is 2. The highest BCUT2D eigenvalue weighted by Gasteiger charge is 2.64. The molecule has 24 heavy (non-hydrogen) atoms. The van der Waals surface area contributed by atoms with Gasteiger partial charge in [0.2, 0.25) is 5.91 Å². The molecule has 2 N–H and O–H groups in total. The molecule has 8 heteroatoms. The summed E-state index contributed by atoms with van der Waals surface area (Å²) in [6, 6.07) is 4.89. The Hall–Kier alpha value is -2.20. The predicted molar refractivity (Wildman–Crippen MR) is 82.2 cm³/mol. The first-order valence-electron chi connectivity index (χ1n) is 7.28. The van der Waals surface area contributed by atoms with E-state index in [2.05, 4.69) is 10.6 Å². The van der Waals surface area contributed by atoms with Gasteiger partial charge in [0.25, 0.3) is 0 Å². The Morgan fingerprint density at radius 2 is 2.12 bits per heavy atom. The number of carbonyl (C=O) groups is 1. The second-order valence-electron chi connectivity index (χ2n) is 5.83. The third kappa shape index (κ3) is 2.33. The van der Waals surface area contributed by atoms with Crippen molar-refractivity contribution in [1.82, 2.24) is 5.32 Å². The monoisotopic (exact) mass is 355 g/mol. The van der Waals surface area contributed by atoms with Crippen molar-refractivity contribution in [3.63, 3.8) is 0 Å². The van der Waals surface area contributed by atoms with Crippen LogP contribution in [0.15, 0.2) is 30.5 Å². The van der Waals surface area contributed by atoms with Crippen molar-refractivity contribution in [2.24, 2.45) is 5.92 Å². The number of rotatable bonds is 2. The van der Waals surface area contributed by atoms with Crippen LogP contribution in [0, 0.1) is 17.2 Å². The number of halogens is 4. The maximum atomic E-state index is 14.3. The molecule has 3 unspecified atom stereocenters. The second kappa shape index (κ2) is 5.71. The zero-order chi connectivity index (χ0) is 17.5. The van der Waals surface area contributed by atoms with E-state index in [-0.39, 0.29) is 22.7 Å². The van der Waals surface area contributed by atoms with Crippen LogP contribution in [0.4, 0.5) is 18.9 Å². The molecule has 4 nitrogen and oxygen atoms in total. The number of alkyl halides is 3. The Labute approximate surface area is 141 Å². The second-order valence-corrected chi connectivity index (χ2v) is 6.27. The van der Waals surface area contributed by atoms with Crippen molar-refractivity contribution in [1.29, 1.82) is 5.26 Å². The Bertz CT molecular complexity index is 756. The molecule has 1 amide bonds. The molecule has 0 fully saturated rings. The van der Waals surface area contributed by atoms with E-state index in [4.69, 9.17) is 16.9 Å². The van der Waals surface area contributed by atoms with Crippen molar-refractivity contribution >= 4 is 23.2 Å². The fourth-order valence-electron chi connectivity index (χ4n) is 3.60. The Balaban J connectivity index is 2.30. The van der Waals surface area contributed by atoms with E-state index in [9.17, 15) is 18.0 Å². The fraction of sp³-hybridized carbons (Fsp3) is 0.375. The van der Waals surface area contributed by atoms with Gasteiger partial charge < -0.3 is 10.6 Å². The van der Waals surface area contributed by atoms with Crippen molar-refractivity contribution in [2.45, 2.75) is 30.5 Å². The van der Waals surface area contributed by atoms with Gasteiger partial charge in [-0.05, 0) is 30.2 Å². The van der Waals surface area contributed by atoms with Crippen molar-refractivity contribution < 1.29 is 18.0 Å². The van der Waals surface area contributed by atoms with Crippen molar-refractivity contribution in [3.05, 3.63) is 41.1 Å². The van der Waals surface area contributed by atoms with E-state index in [0.717, 1.165) is 0 Å². The highest BCUT2D eigenvalue weighted by molar-refractivity contribution is 6.30. The lowest BCUT2D eigenvalue weighted by Gasteiger charge is -2.49. The molecule has 1 aromatic carbocycles. The first-order valence-corrected chi connectivity index (χ1v) is 7.66.